The lowest BCUT2D eigenvalue weighted by molar-refractivity contribution is 0.0750. The zero-order valence-corrected chi connectivity index (χ0v) is 17.9. The van der Waals surface area contributed by atoms with Gasteiger partial charge in [0.25, 0.3) is 5.91 Å². The van der Waals surface area contributed by atoms with Crippen LogP contribution in [-0.2, 0) is 0 Å². The van der Waals surface area contributed by atoms with Gasteiger partial charge in [0, 0.05) is 44.1 Å². The Balaban J connectivity index is 1.24. The van der Waals surface area contributed by atoms with Crippen LogP contribution in [0.25, 0.3) is 16.4 Å². The monoisotopic (exact) mass is 431 g/mol. The van der Waals surface area contributed by atoms with E-state index < -0.39 is 0 Å². The lowest BCUT2D eigenvalue weighted by Gasteiger charge is -2.35. The number of carbonyl (C=O) groups excluding carboxylic acids is 1. The largest absolute Gasteiger partial charge is 0.352 e. The van der Waals surface area contributed by atoms with E-state index in [1.165, 1.54) is 11.3 Å². The van der Waals surface area contributed by atoms with Crippen molar-refractivity contribution >= 4 is 23.1 Å². The molecule has 1 fully saturated rings. The lowest BCUT2D eigenvalue weighted by atomic mass is 10.2. The molecule has 3 aromatic heterocycles. The van der Waals surface area contributed by atoms with Gasteiger partial charge >= 0.3 is 0 Å². The Kier molecular flexibility index (Phi) is 5.17. The summed E-state index contributed by atoms with van der Waals surface area (Å²) in [4.78, 5) is 26.6. The molecule has 4 aromatic rings. The minimum Gasteiger partial charge on any atom is -0.352 e. The molecule has 1 aromatic carbocycles. The van der Waals surface area contributed by atoms with E-state index in [2.05, 4.69) is 25.1 Å². The maximum Gasteiger partial charge on any atom is 0.265 e. The van der Waals surface area contributed by atoms with Crippen LogP contribution >= 0.6 is 11.3 Å². The second-order valence-electron chi connectivity index (χ2n) is 7.30. The quantitative estimate of drug-likeness (QED) is 0.494. The van der Waals surface area contributed by atoms with Gasteiger partial charge in [-0.15, -0.1) is 21.5 Å². The highest BCUT2D eigenvalue weighted by atomic mass is 32.1. The van der Waals surface area contributed by atoms with Crippen LogP contribution in [0.2, 0.25) is 0 Å². The van der Waals surface area contributed by atoms with Crippen LogP contribution in [0.3, 0.4) is 0 Å². The first kappa shape index (κ1) is 19.4. The number of benzene rings is 1. The highest BCUT2D eigenvalue weighted by molar-refractivity contribution is 7.17. The number of amides is 1. The molecule has 0 unspecified atom stereocenters. The zero-order valence-electron chi connectivity index (χ0n) is 17.0. The average Bonchev–Trinajstić information content (AvgIpc) is 3.50. The fourth-order valence-corrected chi connectivity index (χ4v) is 4.64. The van der Waals surface area contributed by atoms with Crippen molar-refractivity contribution in [2.75, 3.05) is 31.1 Å². The van der Waals surface area contributed by atoms with Gasteiger partial charge in [0.2, 0.25) is 0 Å². The normalized spacial score (nSPS) is 14.1. The van der Waals surface area contributed by atoms with Gasteiger partial charge in [-0.25, -0.2) is 9.97 Å². The summed E-state index contributed by atoms with van der Waals surface area (Å²) in [6.07, 6.45) is 5.23. The van der Waals surface area contributed by atoms with E-state index in [-0.39, 0.29) is 5.91 Å². The topological polar surface area (TPSA) is 80.0 Å². The molecule has 1 saturated heterocycles. The summed E-state index contributed by atoms with van der Waals surface area (Å²) < 4.78 is 1.81. The fourth-order valence-electron chi connectivity index (χ4n) is 3.60. The number of aryl methyl sites for hydroxylation is 1. The van der Waals surface area contributed by atoms with Gasteiger partial charge in [0.15, 0.2) is 11.6 Å². The fraction of sp³-hybridized carbons (Fsp3) is 0.227. The Morgan fingerprint density at radius 3 is 2.39 bits per heavy atom. The standard InChI is InChI=1S/C22H21N7OS/c1-16-20(31-21(24-16)17-5-3-2-4-6-17)22(30)28-13-11-27(12-14-28)18-7-8-19(26-25-18)29-10-9-23-15-29/h2-10,15H,11-14H2,1H3. The van der Waals surface area contributed by atoms with Crippen molar-refractivity contribution in [1.29, 1.82) is 0 Å². The molecule has 0 saturated carbocycles. The molecule has 0 aliphatic carbocycles. The van der Waals surface area contributed by atoms with E-state index in [0.29, 0.717) is 26.2 Å². The van der Waals surface area contributed by atoms with E-state index in [4.69, 9.17) is 0 Å². The van der Waals surface area contributed by atoms with Gasteiger partial charge < -0.3 is 9.80 Å². The molecule has 0 radical (unpaired) electrons. The molecule has 9 heteroatoms. The van der Waals surface area contributed by atoms with Crippen LogP contribution in [0.4, 0.5) is 5.82 Å². The molecule has 1 aliphatic rings. The van der Waals surface area contributed by atoms with E-state index in [0.717, 1.165) is 32.8 Å². The molecule has 0 N–H and O–H groups in total. The van der Waals surface area contributed by atoms with Crippen LogP contribution in [0.1, 0.15) is 15.4 Å². The van der Waals surface area contributed by atoms with Crippen molar-refractivity contribution in [2.24, 2.45) is 0 Å². The second kappa shape index (κ2) is 8.27. The zero-order chi connectivity index (χ0) is 21.2. The predicted octanol–water partition coefficient (Wildman–Crippen LogP) is 3.06. The smallest absolute Gasteiger partial charge is 0.265 e. The van der Waals surface area contributed by atoms with Gasteiger partial charge in [-0.05, 0) is 19.1 Å². The number of carbonyl (C=O) groups is 1. The Bertz CT molecular complexity index is 1160. The molecule has 0 spiro atoms. The number of aromatic nitrogens is 5. The molecule has 1 aliphatic heterocycles. The molecule has 5 rings (SSSR count). The third kappa shape index (κ3) is 3.91. The highest BCUT2D eigenvalue weighted by Crippen LogP contribution is 2.29. The summed E-state index contributed by atoms with van der Waals surface area (Å²) in [6, 6.07) is 13.9. The van der Waals surface area contributed by atoms with Gasteiger partial charge in [0.05, 0.1) is 5.69 Å². The summed E-state index contributed by atoms with van der Waals surface area (Å²) >= 11 is 1.47. The Labute approximate surface area is 183 Å². The summed E-state index contributed by atoms with van der Waals surface area (Å²) in [5.74, 6) is 1.60. The highest BCUT2D eigenvalue weighted by Gasteiger charge is 2.26. The number of rotatable bonds is 4. The van der Waals surface area contributed by atoms with Crippen LogP contribution in [0.15, 0.2) is 61.2 Å². The number of piperazine rings is 1. The molecule has 0 bridgehead atoms. The lowest BCUT2D eigenvalue weighted by Crippen LogP contribution is -2.49. The van der Waals surface area contributed by atoms with Crippen molar-refractivity contribution in [3.63, 3.8) is 0 Å². The minimum atomic E-state index is 0.0540. The Morgan fingerprint density at radius 2 is 1.71 bits per heavy atom. The predicted molar refractivity (Wildman–Crippen MR) is 120 cm³/mol. The van der Waals surface area contributed by atoms with E-state index >= 15 is 0 Å². The van der Waals surface area contributed by atoms with Crippen LogP contribution in [0, 0.1) is 6.92 Å². The number of anilines is 1. The number of thiazole rings is 1. The molecule has 156 valence electrons. The number of hydrogen-bond donors (Lipinski definition) is 0. The van der Waals surface area contributed by atoms with Crippen LogP contribution in [0.5, 0.6) is 0 Å². The van der Waals surface area contributed by atoms with Gasteiger partial charge in [0.1, 0.15) is 16.2 Å². The van der Waals surface area contributed by atoms with E-state index in [1.54, 1.807) is 12.5 Å². The van der Waals surface area contributed by atoms with Crippen LogP contribution in [-0.4, -0.2) is 61.7 Å². The number of imidazole rings is 1. The minimum absolute atomic E-state index is 0.0540. The van der Waals surface area contributed by atoms with E-state index in [1.807, 2.05) is 65.1 Å². The average molecular weight is 432 g/mol. The molecule has 1 amide bonds. The number of hydrogen-bond acceptors (Lipinski definition) is 7. The molecule has 4 heterocycles. The SMILES string of the molecule is Cc1nc(-c2ccccc2)sc1C(=O)N1CCN(c2ccc(-n3ccnc3)nn2)CC1. The molecule has 31 heavy (non-hydrogen) atoms. The molecular weight excluding hydrogens is 410 g/mol. The maximum absolute atomic E-state index is 13.1. The van der Waals surface area contributed by atoms with Crippen molar-refractivity contribution < 1.29 is 4.79 Å². The first-order valence-corrected chi connectivity index (χ1v) is 10.9. The van der Waals surface area contributed by atoms with Gasteiger partial charge in [-0.1, -0.05) is 30.3 Å². The maximum atomic E-state index is 13.1. The Morgan fingerprint density at radius 1 is 0.968 bits per heavy atom. The Hall–Kier alpha value is -3.59. The van der Waals surface area contributed by atoms with E-state index in [9.17, 15) is 4.79 Å². The van der Waals surface area contributed by atoms with Gasteiger partial charge in [-0.3, -0.25) is 9.36 Å². The third-order valence-corrected chi connectivity index (χ3v) is 6.50. The summed E-state index contributed by atoms with van der Waals surface area (Å²) in [5.41, 5.74) is 1.83. The van der Waals surface area contributed by atoms with Crippen molar-refractivity contribution in [2.45, 2.75) is 6.92 Å². The van der Waals surface area contributed by atoms with Crippen LogP contribution < -0.4 is 4.90 Å². The third-order valence-electron chi connectivity index (χ3n) is 5.31. The molecule has 0 atom stereocenters. The van der Waals surface area contributed by atoms with Crippen molar-refractivity contribution in [3.05, 3.63) is 71.8 Å². The first-order valence-electron chi connectivity index (χ1n) is 10.1. The number of nitrogens with zero attached hydrogens (tertiary/aromatic N) is 7. The van der Waals surface area contributed by atoms with Crippen molar-refractivity contribution in [3.8, 4) is 16.4 Å². The second-order valence-corrected chi connectivity index (χ2v) is 8.30. The summed E-state index contributed by atoms with van der Waals surface area (Å²) in [7, 11) is 0. The van der Waals surface area contributed by atoms with Gasteiger partial charge in [-0.2, -0.15) is 0 Å². The van der Waals surface area contributed by atoms with Crippen molar-refractivity contribution in [1.82, 2.24) is 29.6 Å². The molecule has 8 nitrogen and oxygen atoms in total. The summed E-state index contributed by atoms with van der Waals surface area (Å²) in [5, 5.41) is 9.52. The molecular formula is C22H21N7OS. The summed E-state index contributed by atoms with van der Waals surface area (Å²) in [6.45, 7) is 4.62. The first-order chi connectivity index (χ1) is 15.2.